The summed E-state index contributed by atoms with van der Waals surface area (Å²) in [4.78, 5) is 17.1. The molecule has 0 unspecified atom stereocenters. The molecule has 3 heterocycles. The summed E-state index contributed by atoms with van der Waals surface area (Å²) in [7, 11) is 1.45. The highest BCUT2D eigenvalue weighted by molar-refractivity contribution is 5.65. The molecule has 3 aromatic rings. The number of nitrogens with zero attached hydrogens (tertiary/aromatic N) is 4. The maximum absolute atomic E-state index is 14.0. The Bertz CT molecular complexity index is 932. The van der Waals surface area contributed by atoms with Gasteiger partial charge in [0.05, 0.1) is 12.8 Å². The van der Waals surface area contributed by atoms with Crippen LogP contribution in [0.4, 0.5) is 10.2 Å². The highest BCUT2D eigenvalue weighted by Gasteiger charge is 2.17. The molecule has 1 aromatic carbocycles. The van der Waals surface area contributed by atoms with Crippen molar-refractivity contribution in [3.8, 4) is 28.4 Å². The van der Waals surface area contributed by atoms with Gasteiger partial charge in [-0.3, -0.25) is 0 Å². The van der Waals surface area contributed by atoms with Gasteiger partial charge in [-0.1, -0.05) is 6.92 Å². The summed E-state index contributed by atoms with van der Waals surface area (Å²) in [5.41, 5.74) is 2.27. The van der Waals surface area contributed by atoms with E-state index in [1.165, 1.54) is 13.2 Å². The van der Waals surface area contributed by atoms with Gasteiger partial charge in [-0.05, 0) is 36.9 Å². The fraction of sp³-hybridized carbons (Fsp3) is 0.333. The van der Waals surface area contributed by atoms with E-state index < -0.39 is 5.82 Å². The fourth-order valence-electron chi connectivity index (χ4n) is 3.45. The van der Waals surface area contributed by atoms with Gasteiger partial charge in [-0.25, -0.2) is 14.4 Å². The van der Waals surface area contributed by atoms with Crippen molar-refractivity contribution in [3.63, 3.8) is 0 Å². The van der Waals surface area contributed by atoms with E-state index in [1.807, 2.05) is 18.3 Å². The number of pyridine rings is 1. The minimum absolute atomic E-state index is 0.221. The van der Waals surface area contributed by atoms with Crippen molar-refractivity contribution in [1.29, 1.82) is 0 Å². The Kier molecular flexibility index (Phi) is 5.25. The minimum atomic E-state index is -0.404. The number of hydrogen-bond donors (Lipinski definition) is 1. The molecule has 7 heteroatoms. The first-order valence-electron chi connectivity index (χ1n) is 9.51. The predicted octanol–water partition coefficient (Wildman–Crippen LogP) is 3.43. The van der Waals surface area contributed by atoms with E-state index in [9.17, 15) is 4.39 Å². The Morgan fingerprint density at radius 3 is 2.54 bits per heavy atom. The van der Waals surface area contributed by atoms with Crippen molar-refractivity contribution in [3.05, 3.63) is 48.5 Å². The first-order valence-corrected chi connectivity index (χ1v) is 9.51. The number of ether oxygens (including phenoxy) is 1. The number of aromatic nitrogens is 3. The van der Waals surface area contributed by atoms with Gasteiger partial charge in [-0.2, -0.15) is 0 Å². The highest BCUT2D eigenvalue weighted by atomic mass is 19.1. The van der Waals surface area contributed by atoms with Crippen molar-refractivity contribution < 1.29 is 9.13 Å². The van der Waals surface area contributed by atoms with E-state index in [0.29, 0.717) is 17.1 Å². The van der Waals surface area contributed by atoms with Crippen molar-refractivity contribution in [1.82, 2.24) is 19.9 Å². The number of anilines is 1. The summed E-state index contributed by atoms with van der Waals surface area (Å²) < 4.78 is 18.9. The molecule has 146 valence electrons. The molecule has 0 bridgehead atoms. The number of likely N-dealkylation sites (N-methyl/N-ethyl adjacent to an activating group) is 1. The lowest BCUT2D eigenvalue weighted by atomic mass is 10.1. The number of H-pyrrole nitrogens is 1. The minimum Gasteiger partial charge on any atom is -0.494 e. The number of benzene rings is 1. The zero-order valence-corrected chi connectivity index (χ0v) is 16.2. The quantitative estimate of drug-likeness (QED) is 0.734. The van der Waals surface area contributed by atoms with Gasteiger partial charge in [0.1, 0.15) is 11.6 Å². The number of imidazole rings is 1. The van der Waals surface area contributed by atoms with E-state index in [0.717, 1.165) is 44.1 Å². The Morgan fingerprint density at radius 1 is 1.11 bits per heavy atom. The molecule has 0 atom stereocenters. The molecule has 4 rings (SSSR count). The molecule has 0 saturated carbocycles. The van der Waals surface area contributed by atoms with Crippen molar-refractivity contribution in [2.45, 2.75) is 6.92 Å². The molecule has 0 amide bonds. The van der Waals surface area contributed by atoms with Crippen molar-refractivity contribution in [2.75, 3.05) is 44.7 Å². The molecule has 2 aromatic heterocycles. The van der Waals surface area contributed by atoms with Crippen LogP contribution in [0.1, 0.15) is 6.92 Å². The van der Waals surface area contributed by atoms with Gasteiger partial charge >= 0.3 is 0 Å². The molecule has 1 aliphatic rings. The van der Waals surface area contributed by atoms with Crippen molar-refractivity contribution >= 4 is 5.82 Å². The zero-order chi connectivity index (χ0) is 19.5. The van der Waals surface area contributed by atoms with Gasteiger partial charge < -0.3 is 19.5 Å². The largest absolute Gasteiger partial charge is 0.494 e. The number of nitrogens with one attached hydrogen (secondary N) is 1. The highest BCUT2D eigenvalue weighted by Crippen LogP contribution is 2.26. The maximum atomic E-state index is 14.0. The second-order valence-electron chi connectivity index (χ2n) is 6.81. The molecule has 28 heavy (non-hydrogen) atoms. The van der Waals surface area contributed by atoms with E-state index in [2.05, 4.69) is 31.7 Å². The van der Waals surface area contributed by atoms with Crippen LogP contribution in [0, 0.1) is 5.82 Å². The SMILES string of the molecule is CCN1CCN(c2ccc(-c3nc(-c4ccc(OC)c(F)c4)c[nH]3)cn2)CC1. The van der Waals surface area contributed by atoms with E-state index >= 15 is 0 Å². The third-order valence-electron chi connectivity index (χ3n) is 5.19. The van der Waals surface area contributed by atoms with Crippen LogP contribution >= 0.6 is 0 Å². The summed E-state index contributed by atoms with van der Waals surface area (Å²) in [5, 5.41) is 0. The van der Waals surface area contributed by atoms with E-state index in [-0.39, 0.29) is 5.75 Å². The normalized spacial score (nSPS) is 15.0. The fourth-order valence-corrected chi connectivity index (χ4v) is 3.45. The van der Waals surface area contributed by atoms with Crippen LogP contribution < -0.4 is 9.64 Å². The molecule has 0 aliphatic carbocycles. The molecule has 1 fully saturated rings. The van der Waals surface area contributed by atoms with Crippen LogP contribution in [0.3, 0.4) is 0 Å². The maximum Gasteiger partial charge on any atom is 0.165 e. The Morgan fingerprint density at radius 2 is 1.89 bits per heavy atom. The van der Waals surface area contributed by atoms with Crippen LogP contribution in [-0.2, 0) is 0 Å². The average molecular weight is 381 g/mol. The van der Waals surface area contributed by atoms with Gasteiger partial charge in [0, 0.05) is 49.7 Å². The number of piperazine rings is 1. The van der Waals surface area contributed by atoms with Crippen molar-refractivity contribution in [2.24, 2.45) is 0 Å². The van der Waals surface area contributed by atoms with E-state index in [4.69, 9.17) is 4.74 Å². The van der Waals surface area contributed by atoms with E-state index in [1.54, 1.807) is 18.3 Å². The summed E-state index contributed by atoms with van der Waals surface area (Å²) >= 11 is 0. The molecule has 0 spiro atoms. The van der Waals surface area contributed by atoms with Crippen LogP contribution in [0.5, 0.6) is 5.75 Å². The van der Waals surface area contributed by atoms with Crippen LogP contribution in [0.25, 0.3) is 22.6 Å². The second kappa shape index (κ2) is 7.98. The molecular weight excluding hydrogens is 357 g/mol. The number of rotatable bonds is 5. The molecule has 1 N–H and O–H groups in total. The number of methoxy groups -OCH3 is 1. The predicted molar refractivity (Wildman–Crippen MR) is 108 cm³/mol. The van der Waals surface area contributed by atoms with Crippen LogP contribution in [0.2, 0.25) is 0 Å². The molecule has 0 radical (unpaired) electrons. The third-order valence-corrected chi connectivity index (χ3v) is 5.19. The zero-order valence-electron chi connectivity index (χ0n) is 16.2. The lowest BCUT2D eigenvalue weighted by Gasteiger charge is -2.34. The van der Waals surface area contributed by atoms with Gasteiger partial charge in [0.15, 0.2) is 11.6 Å². The smallest absolute Gasteiger partial charge is 0.165 e. The third kappa shape index (κ3) is 3.71. The Hall–Kier alpha value is -2.93. The van der Waals surface area contributed by atoms with Gasteiger partial charge in [0.25, 0.3) is 0 Å². The first-order chi connectivity index (χ1) is 13.7. The lowest BCUT2D eigenvalue weighted by Crippen LogP contribution is -2.46. The van der Waals surface area contributed by atoms with Crippen LogP contribution in [-0.4, -0.2) is 59.7 Å². The summed E-state index contributed by atoms with van der Waals surface area (Å²) in [5.74, 6) is 1.52. The monoisotopic (exact) mass is 381 g/mol. The number of aromatic amines is 1. The summed E-state index contributed by atoms with van der Waals surface area (Å²) in [6.07, 6.45) is 3.60. The van der Waals surface area contributed by atoms with Gasteiger partial charge in [-0.15, -0.1) is 0 Å². The average Bonchev–Trinajstić information content (AvgIpc) is 3.24. The number of hydrogen-bond acceptors (Lipinski definition) is 5. The Labute approximate surface area is 164 Å². The molecule has 6 nitrogen and oxygen atoms in total. The van der Waals surface area contributed by atoms with Crippen LogP contribution in [0.15, 0.2) is 42.7 Å². The van der Waals surface area contributed by atoms with Gasteiger partial charge in [0.2, 0.25) is 0 Å². The standard InChI is InChI=1S/C21H24FN5O/c1-3-26-8-10-27(11-9-26)20-7-5-16(13-23-20)21-24-14-18(25-21)15-4-6-19(28-2)17(22)12-15/h4-7,12-14H,3,8-11H2,1-2H3,(H,24,25). The first kappa shape index (κ1) is 18.4. The molecular formula is C21H24FN5O. The molecule has 1 saturated heterocycles. The second-order valence-corrected chi connectivity index (χ2v) is 6.81. The number of halogens is 1. The lowest BCUT2D eigenvalue weighted by molar-refractivity contribution is 0.270. The Balaban J connectivity index is 1.49. The summed E-state index contributed by atoms with van der Waals surface area (Å²) in [6, 6.07) is 8.88. The molecule has 1 aliphatic heterocycles. The summed E-state index contributed by atoms with van der Waals surface area (Å²) in [6.45, 7) is 7.42. The topological polar surface area (TPSA) is 57.3 Å².